The Morgan fingerprint density at radius 3 is 2.38 bits per heavy atom. The maximum Gasteiger partial charge on any atom is 0.269 e. The Morgan fingerprint density at radius 2 is 2.25 bits per heavy atom. The lowest BCUT2D eigenvalue weighted by atomic mass is 10.4. The van der Waals surface area contributed by atoms with Gasteiger partial charge in [0.2, 0.25) is 0 Å². The van der Waals surface area contributed by atoms with Gasteiger partial charge in [-0.3, -0.25) is 9.79 Å². The van der Waals surface area contributed by atoms with Gasteiger partial charge in [0, 0.05) is 14.1 Å². The second-order valence-electron chi connectivity index (χ2n) is 1.96. The van der Waals surface area contributed by atoms with Crippen LogP contribution in [-0.2, 0) is 4.79 Å². The number of hydrogen-bond acceptors (Lipinski definition) is 2. The first-order valence-corrected chi connectivity index (χ1v) is 2.47. The molecule has 3 nitrogen and oxygen atoms in total. The van der Waals surface area contributed by atoms with Crippen molar-refractivity contribution in [2.75, 3.05) is 20.6 Å². The third kappa shape index (κ3) is 0.857. The number of aliphatic imine (C=N–C) groups is 1. The maximum absolute atomic E-state index is 10.7. The second-order valence-corrected chi connectivity index (χ2v) is 1.96. The molecule has 0 spiro atoms. The minimum Gasteiger partial charge on any atom is -0.344 e. The van der Waals surface area contributed by atoms with Gasteiger partial charge in [-0.2, -0.15) is 0 Å². The molecule has 0 aromatic rings. The van der Waals surface area contributed by atoms with Gasteiger partial charge in [0.1, 0.15) is 5.71 Å². The lowest BCUT2D eigenvalue weighted by Gasteiger charge is -2.03. The van der Waals surface area contributed by atoms with E-state index in [0.29, 0.717) is 12.3 Å². The summed E-state index contributed by atoms with van der Waals surface area (Å²) in [4.78, 5) is 16.0. The third-order valence-electron chi connectivity index (χ3n) is 0.969. The summed E-state index contributed by atoms with van der Waals surface area (Å²) < 4.78 is 0. The van der Waals surface area contributed by atoms with Crippen molar-refractivity contribution in [3.8, 4) is 0 Å². The van der Waals surface area contributed by atoms with Gasteiger partial charge in [-0.05, 0) is 0 Å². The molecule has 0 aromatic carbocycles. The van der Waals surface area contributed by atoms with Crippen LogP contribution in [0.3, 0.4) is 0 Å². The largest absolute Gasteiger partial charge is 0.344 e. The summed E-state index contributed by atoms with van der Waals surface area (Å²) >= 11 is 0. The van der Waals surface area contributed by atoms with Crippen LogP contribution < -0.4 is 0 Å². The molecule has 0 saturated heterocycles. The molecule has 0 N–H and O–H groups in total. The normalized spacial score (nSPS) is 15.0. The first-order chi connectivity index (χ1) is 3.72. The molecule has 0 bridgehead atoms. The highest BCUT2D eigenvalue weighted by Gasteiger charge is 2.20. The average molecular weight is 112 g/mol. The predicted molar refractivity (Wildman–Crippen MR) is 31.0 cm³/mol. The number of amides is 1. The molecule has 1 amide bonds. The number of carbonyl (C=O) groups excluding carboxylic acids is 1. The molecule has 0 unspecified atom stereocenters. The molecular weight excluding hydrogens is 104 g/mol. The molecular formula is C5H8N2O. The van der Waals surface area contributed by atoms with Crippen molar-refractivity contribution < 1.29 is 4.79 Å². The molecule has 1 rings (SSSR count). The van der Waals surface area contributed by atoms with Gasteiger partial charge in [0.25, 0.3) is 5.91 Å². The van der Waals surface area contributed by atoms with Crippen LogP contribution in [0.1, 0.15) is 0 Å². The smallest absolute Gasteiger partial charge is 0.269 e. The Labute approximate surface area is 48.0 Å². The molecule has 1 aliphatic rings. The Morgan fingerprint density at radius 1 is 1.75 bits per heavy atom. The fourth-order valence-corrected chi connectivity index (χ4v) is 0.433. The highest BCUT2D eigenvalue weighted by molar-refractivity contribution is 6.44. The van der Waals surface area contributed by atoms with E-state index in [1.807, 2.05) is 0 Å². The van der Waals surface area contributed by atoms with Gasteiger partial charge in [-0.25, -0.2) is 0 Å². The van der Waals surface area contributed by atoms with E-state index in [1.54, 1.807) is 14.1 Å². The summed E-state index contributed by atoms with van der Waals surface area (Å²) in [5.74, 6) is 0.0463. The first-order valence-electron chi connectivity index (χ1n) is 2.47. The first kappa shape index (κ1) is 5.28. The zero-order chi connectivity index (χ0) is 6.15. The third-order valence-corrected chi connectivity index (χ3v) is 0.969. The van der Waals surface area contributed by atoms with Crippen LogP contribution in [0.4, 0.5) is 0 Å². The van der Waals surface area contributed by atoms with E-state index < -0.39 is 0 Å². The fourth-order valence-electron chi connectivity index (χ4n) is 0.433. The van der Waals surface area contributed by atoms with Crippen molar-refractivity contribution in [2.45, 2.75) is 0 Å². The molecule has 0 atom stereocenters. The van der Waals surface area contributed by atoms with Crippen LogP contribution in [-0.4, -0.2) is 37.2 Å². The van der Waals surface area contributed by atoms with Gasteiger partial charge in [-0.1, -0.05) is 0 Å². The molecule has 44 valence electrons. The standard InChI is InChI=1S/C5H8N2O/c1-7(2)5(8)4-3-6-4/h3H2,1-2H3. The predicted octanol–water partition coefficient (Wildman–Crippen LogP) is -0.471. The topological polar surface area (TPSA) is 32.7 Å². The Bertz CT molecular complexity index is 149. The SMILES string of the molecule is CN(C)C(=O)C1=NC1. The van der Waals surface area contributed by atoms with Gasteiger partial charge in [0.05, 0.1) is 6.54 Å². The summed E-state index contributed by atoms with van der Waals surface area (Å²) in [6.07, 6.45) is 0. The molecule has 0 aliphatic carbocycles. The van der Waals surface area contributed by atoms with Crippen molar-refractivity contribution in [1.29, 1.82) is 0 Å². The lowest BCUT2D eigenvalue weighted by Crippen LogP contribution is -2.25. The zero-order valence-electron chi connectivity index (χ0n) is 5.01. The van der Waals surface area contributed by atoms with E-state index in [-0.39, 0.29) is 5.91 Å². The van der Waals surface area contributed by atoms with Crippen LogP contribution in [0, 0.1) is 0 Å². The van der Waals surface area contributed by atoms with Gasteiger partial charge < -0.3 is 4.90 Å². The monoisotopic (exact) mass is 112 g/mol. The van der Waals surface area contributed by atoms with E-state index in [2.05, 4.69) is 4.99 Å². The second kappa shape index (κ2) is 1.58. The van der Waals surface area contributed by atoms with E-state index in [9.17, 15) is 4.79 Å². The summed E-state index contributed by atoms with van der Waals surface area (Å²) in [5, 5.41) is 0. The molecule has 0 radical (unpaired) electrons. The van der Waals surface area contributed by atoms with Crippen molar-refractivity contribution >= 4 is 11.6 Å². The van der Waals surface area contributed by atoms with E-state index >= 15 is 0 Å². The molecule has 8 heavy (non-hydrogen) atoms. The van der Waals surface area contributed by atoms with Crippen LogP contribution >= 0.6 is 0 Å². The number of hydrogen-bond donors (Lipinski definition) is 0. The molecule has 1 heterocycles. The summed E-state index contributed by atoms with van der Waals surface area (Å²) in [7, 11) is 3.45. The molecule has 1 aliphatic heterocycles. The Kier molecular flexibility index (Phi) is 1.04. The molecule has 0 aromatic heterocycles. The van der Waals surface area contributed by atoms with Crippen LogP contribution in [0.2, 0.25) is 0 Å². The zero-order valence-corrected chi connectivity index (χ0v) is 5.01. The summed E-state index contributed by atoms with van der Waals surface area (Å²) in [6.45, 7) is 0.650. The lowest BCUT2D eigenvalue weighted by molar-refractivity contribution is -0.121. The quantitative estimate of drug-likeness (QED) is 0.451. The van der Waals surface area contributed by atoms with Gasteiger partial charge in [-0.15, -0.1) is 0 Å². The van der Waals surface area contributed by atoms with Gasteiger partial charge >= 0.3 is 0 Å². The minimum absolute atomic E-state index is 0.0463. The van der Waals surface area contributed by atoms with Crippen molar-refractivity contribution in [2.24, 2.45) is 4.99 Å². The van der Waals surface area contributed by atoms with E-state index in [0.717, 1.165) is 0 Å². The van der Waals surface area contributed by atoms with E-state index in [1.165, 1.54) is 4.90 Å². The van der Waals surface area contributed by atoms with Crippen molar-refractivity contribution in [3.63, 3.8) is 0 Å². The highest BCUT2D eigenvalue weighted by Crippen LogP contribution is 1.98. The average Bonchev–Trinajstić information content (AvgIpc) is 2.43. The highest BCUT2D eigenvalue weighted by atomic mass is 16.2. The fraction of sp³-hybridized carbons (Fsp3) is 0.600. The number of carbonyl (C=O) groups is 1. The van der Waals surface area contributed by atoms with Crippen molar-refractivity contribution in [1.82, 2.24) is 4.90 Å². The maximum atomic E-state index is 10.7. The van der Waals surface area contributed by atoms with Crippen LogP contribution in [0.15, 0.2) is 4.99 Å². The Balaban J connectivity index is 2.46. The van der Waals surface area contributed by atoms with Crippen LogP contribution in [0.25, 0.3) is 0 Å². The van der Waals surface area contributed by atoms with Crippen LogP contribution in [0.5, 0.6) is 0 Å². The number of nitrogens with zero attached hydrogens (tertiary/aromatic N) is 2. The summed E-state index contributed by atoms with van der Waals surface area (Å²) in [6, 6.07) is 0. The molecule has 0 saturated carbocycles. The number of rotatable bonds is 1. The molecule has 0 fully saturated rings. The van der Waals surface area contributed by atoms with Gasteiger partial charge in [0.15, 0.2) is 0 Å². The Hall–Kier alpha value is -0.860. The summed E-state index contributed by atoms with van der Waals surface area (Å²) in [5.41, 5.74) is 0.704. The van der Waals surface area contributed by atoms with E-state index in [4.69, 9.17) is 0 Å². The molecule has 3 heteroatoms. The van der Waals surface area contributed by atoms with Crippen molar-refractivity contribution in [3.05, 3.63) is 0 Å². The minimum atomic E-state index is 0.0463.